The summed E-state index contributed by atoms with van der Waals surface area (Å²) in [6, 6.07) is 4.37. The van der Waals surface area contributed by atoms with Gasteiger partial charge in [-0.1, -0.05) is 39.8 Å². The van der Waals surface area contributed by atoms with Crippen molar-refractivity contribution in [3.8, 4) is 0 Å². The molecule has 1 aliphatic heterocycles. The predicted octanol–water partition coefficient (Wildman–Crippen LogP) is 5.15. The number of nitrogens with one attached hydrogen (secondary N) is 1. The second-order valence-electron chi connectivity index (χ2n) is 8.02. The van der Waals surface area contributed by atoms with E-state index < -0.39 is 23.4 Å². The highest BCUT2D eigenvalue weighted by Gasteiger charge is 2.30. The van der Waals surface area contributed by atoms with Gasteiger partial charge in [-0.05, 0) is 57.7 Å². The molecule has 1 aliphatic rings. The molecular formula is C20H26BrF3N2O3S. The van der Waals surface area contributed by atoms with Crippen LogP contribution in [-0.2, 0) is 17.3 Å². The lowest BCUT2D eigenvalue weighted by molar-refractivity contribution is -0.137. The number of aliphatic imine (C=N–C) groups is 1. The van der Waals surface area contributed by atoms with E-state index in [1.807, 2.05) is 0 Å². The number of ether oxygens (including phenoxy) is 1. The van der Waals surface area contributed by atoms with Gasteiger partial charge in [-0.3, -0.25) is 4.99 Å². The molecule has 3 unspecified atom stereocenters. The second-order valence-corrected chi connectivity index (χ2v) is 10.8. The number of hydrogen-bond acceptors (Lipinski definition) is 5. The third-order valence-corrected chi connectivity index (χ3v) is 6.53. The second kappa shape index (κ2) is 10.4. The zero-order chi connectivity index (χ0) is 22.5. The molecule has 10 heteroatoms. The first-order chi connectivity index (χ1) is 13.9. The molecule has 1 amide bonds. The number of rotatable bonds is 7. The highest BCUT2D eigenvalue weighted by molar-refractivity contribution is 9.11. The van der Waals surface area contributed by atoms with E-state index in [1.54, 1.807) is 20.8 Å². The van der Waals surface area contributed by atoms with Gasteiger partial charge in [-0.25, -0.2) is 4.79 Å². The van der Waals surface area contributed by atoms with Crippen LogP contribution in [0.3, 0.4) is 0 Å². The number of carbonyl (C=O) groups is 1. The van der Waals surface area contributed by atoms with Gasteiger partial charge in [-0.15, -0.1) is 0 Å². The molecule has 0 bridgehead atoms. The molecule has 0 aliphatic carbocycles. The molecule has 0 fully saturated rings. The highest BCUT2D eigenvalue weighted by Crippen LogP contribution is 2.33. The molecule has 3 atom stereocenters. The molecule has 1 aromatic rings. The van der Waals surface area contributed by atoms with Crippen LogP contribution in [0.4, 0.5) is 18.0 Å². The van der Waals surface area contributed by atoms with E-state index in [0.29, 0.717) is 24.8 Å². The van der Waals surface area contributed by atoms with E-state index >= 15 is 0 Å². The van der Waals surface area contributed by atoms with Crippen molar-refractivity contribution in [2.75, 3.05) is 6.61 Å². The van der Waals surface area contributed by atoms with Gasteiger partial charge in [0, 0.05) is 6.04 Å². The summed E-state index contributed by atoms with van der Waals surface area (Å²) in [5.74, 6) is 0. The average Bonchev–Trinajstić information content (AvgIpc) is 2.97. The Morgan fingerprint density at radius 1 is 1.30 bits per heavy atom. The maximum absolute atomic E-state index is 12.8. The summed E-state index contributed by atoms with van der Waals surface area (Å²) in [4.78, 5) is 16.7. The van der Waals surface area contributed by atoms with Gasteiger partial charge in [0.2, 0.25) is 0 Å². The van der Waals surface area contributed by atoms with Crippen LogP contribution < -0.4 is 5.32 Å². The number of thioether (sulfide) groups is 1. The van der Waals surface area contributed by atoms with Crippen molar-refractivity contribution in [2.45, 2.75) is 68.1 Å². The quantitative estimate of drug-likeness (QED) is 0.497. The first-order valence-electron chi connectivity index (χ1n) is 9.51. The fourth-order valence-corrected chi connectivity index (χ4v) is 4.77. The number of aliphatic hydroxyl groups is 1. The lowest BCUT2D eigenvalue weighted by atomic mass is 10.0. The van der Waals surface area contributed by atoms with Crippen LogP contribution in [0.1, 0.15) is 44.7 Å². The van der Waals surface area contributed by atoms with E-state index in [2.05, 4.69) is 26.2 Å². The summed E-state index contributed by atoms with van der Waals surface area (Å²) in [6.45, 7) is 5.21. The molecule has 5 nitrogen and oxygen atoms in total. The summed E-state index contributed by atoms with van der Waals surface area (Å²) in [6.07, 6.45) is -3.50. The van der Waals surface area contributed by atoms with Gasteiger partial charge in [0.15, 0.2) is 0 Å². The van der Waals surface area contributed by atoms with Crippen LogP contribution in [0.2, 0.25) is 0 Å². The Labute approximate surface area is 187 Å². The summed E-state index contributed by atoms with van der Waals surface area (Å²) < 4.78 is 43.7. The molecule has 168 valence electrons. The van der Waals surface area contributed by atoms with Crippen LogP contribution in [0.5, 0.6) is 0 Å². The fraction of sp³-hybridized carbons (Fsp3) is 0.600. The Balaban J connectivity index is 2.06. The van der Waals surface area contributed by atoms with E-state index in [1.165, 1.54) is 23.9 Å². The standard InChI is InChI=1S/C20H26BrF3N2O3S/c1-19(2,3)29-18(28)25-14(8-9-16-26-15(11-27)17(21)30-16)10-12-4-6-13(7-5-12)20(22,23)24/h4-7,14-15,17,27H,8-11H2,1-3H3,(H,25,28). The van der Waals surface area contributed by atoms with Gasteiger partial charge >= 0.3 is 12.3 Å². The molecule has 0 saturated heterocycles. The SMILES string of the molecule is CC(C)(C)OC(=O)NC(CCC1=NC(CO)C(Br)S1)Cc1ccc(C(F)(F)F)cc1. The Hall–Kier alpha value is -1.26. The number of aliphatic hydroxyl groups excluding tert-OH is 1. The molecule has 0 saturated carbocycles. The van der Waals surface area contributed by atoms with E-state index in [-0.39, 0.29) is 22.8 Å². The van der Waals surface area contributed by atoms with E-state index in [0.717, 1.165) is 17.2 Å². The third-order valence-electron chi connectivity index (χ3n) is 4.24. The maximum Gasteiger partial charge on any atom is 0.416 e. The largest absolute Gasteiger partial charge is 0.444 e. The minimum Gasteiger partial charge on any atom is -0.444 e. The van der Waals surface area contributed by atoms with Gasteiger partial charge < -0.3 is 15.2 Å². The van der Waals surface area contributed by atoms with Crippen molar-refractivity contribution in [1.82, 2.24) is 5.32 Å². The van der Waals surface area contributed by atoms with Crippen molar-refractivity contribution in [3.63, 3.8) is 0 Å². The number of alkyl halides is 4. The van der Waals surface area contributed by atoms with Crippen LogP contribution in [0.25, 0.3) is 0 Å². The topological polar surface area (TPSA) is 70.9 Å². The van der Waals surface area contributed by atoms with Crippen LogP contribution in [-0.4, -0.2) is 44.7 Å². The fourth-order valence-electron chi connectivity index (χ4n) is 2.84. The smallest absolute Gasteiger partial charge is 0.416 e. The number of nitrogens with zero attached hydrogens (tertiary/aromatic N) is 1. The number of hydrogen-bond donors (Lipinski definition) is 2. The van der Waals surface area contributed by atoms with E-state index in [9.17, 15) is 23.1 Å². The highest BCUT2D eigenvalue weighted by atomic mass is 79.9. The number of benzene rings is 1. The molecule has 2 N–H and O–H groups in total. The zero-order valence-electron chi connectivity index (χ0n) is 17.0. The number of halogens is 4. The van der Waals surface area contributed by atoms with Crippen LogP contribution in [0.15, 0.2) is 29.3 Å². The molecule has 1 heterocycles. The first kappa shape index (κ1) is 25.0. The number of carbonyl (C=O) groups excluding carboxylic acids is 1. The van der Waals surface area contributed by atoms with Crippen LogP contribution >= 0.6 is 27.7 Å². The zero-order valence-corrected chi connectivity index (χ0v) is 19.4. The Morgan fingerprint density at radius 2 is 1.93 bits per heavy atom. The lowest BCUT2D eigenvalue weighted by Gasteiger charge is -2.24. The molecule has 0 aromatic heterocycles. The van der Waals surface area contributed by atoms with Crippen molar-refractivity contribution in [1.29, 1.82) is 0 Å². The first-order valence-corrected chi connectivity index (χ1v) is 11.3. The summed E-state index contributed by atoms with van der Waals surface area (Å²) in [7, 11) is 0. The lowest BCUT2D eigenvalue weighted by Crippen LogP contribution is -2.40. The molecule has 30 heavy (non-hydrogen) atoms. The molecule has 0 spiro atoms. The Bertz CT molecular complexity index is 751. The number of alkyl carbamates (subject to hydrolysis) is 1. The van der Waals surface area contributed by atoms with Crippen molar-refractivity contribution in [3.05, 3.63) is 35.4 Å². The minimum absolute atomic E-state index is 0.00433. The maximum atomic E-state index is 12.8. The van der Waals surface area contributed by atoms with Gasteiger partial charge in [0.25, 0.3) is 0 Å². The van der Waals surface area contributed by atoms with Gasteiger partial charge in [0.05, 0.1) is 27.4 Å². The Kier molecular flexibility index (Phi) is 8.64. The monoisotopic (exact) mass is 510 g/mol. The molecule has 0 radical (unpaired) electrons. The molecule has 2 rings (SSSR count). The van der Waals surface area contributed by atoms with Crippen molar-refractivity contribution < 1.29 is 27.8 Å². The summed E-state index contributed by atoms with van der Waals surface area (Å²) >= 11 is 4.99. The minimum atomic E-state index is -4.39. The number of amides is 1. The van der Waals surface area contributed by atoms with Gasteiger partial charge in [-0.2, -0.15) is 13.2 Å². The van der Waals surface area contributed by atoms with Crippen LogP contribution in [0, 0.1) is 0 Å². The predicted molar refractivity (Wildman–Crippen MR) is 116 cm³/mol. The summed E-state index contributed by atoms with van der Waals surface area (Å²) in [5, 5.41) is 13.0. The van der Waals surface area contributed by atoms with Crippen molar-refractivity contribution >= 4 is 38.8 Å². The molecular weight excluding hydrogens is 485 g/mol. The van der Waals surface area contributed by atoms with Gasteiger partial charge in [0.1, 0.15) is 5.60 Å². The van der Waals surface area contributed by atoms with E-state index in [4.69, 9.17) is 4.74 Å². The third kappa shape index (κ3) is 8.11. The Morgan fingerprint density at radius 3 is 2.43 bits per heavy atom. The normalized spacial score (nSPS) is 20.6. The average molecular weight is 511 g/mol. The summed E-state index contributed by atoms with van der Waals surface area (Å²) in [5.41, 5.74) is -0.693. The van der Waals surface area contributed by atoms with Crippen molar-refractivity contribution in [2.24, 2.45) is 4.99 Å². The molecule has 1 aromatic carbocycles.